The monoisotopic (exact) mass is 266 g/mol. The van der Waals surface area contributed by atoms with Crippen molar-refractivity contribution in [1.29, 1.82) is 0 Å². The molecule has 0 spiro atoms. The first kappa shape index (κ1) is 12.3. The molecule has 2 heterocycles. The summed E-state index contributed by atoms with van der Waals surface area (Å²) in [6.45, 7) is 3.94. The van der Waals surface area contributed by atoms with Crippen LogP contribution in [0.3, 0.4) is 0 Å². The van der Waals surface area contributed by atoms with E-state index in [1.165, 1.54) is 0 Å². The lowest BCUT2D eigenvalue weighted by molar-refractivity contribution is 0.432. The molecule has 3 rings (SSSR count). The van der Waals surface area contributed by atoms with Crippen LogP contribution in [0.5, 0.6) is 0 Å². The number of nitrogen functional groups attached to an aromatic ring is 1. The fourth-order valence-electron chi connectivity index (χ4n) is 2.04. The van der Waals surface area contributed by atoms with Crippen molar-refractivity contribution in [1.82, 2.24) is 15.1 Å². The molecule has 0 fully saturated rings. The number of benzene rings is 1. The van der Waals surface area contributed by atoms with Gasteiger partial charge in [-0.1, -0.05) is 11.2 Å². The fraction of sp³-hybridized carbons (Fsp3) is 0.133. The van der Waals surface area contributed by atoms with Crippen LogP contribution >= 0.6 is 0 Å². The average Bonchev–Trinajstić information content (AvgIpc) is 2.91. The zero-order valence-corrected chi connectivity index (χ0v) is 11.3. The van der Waals surface area contributed by atoms with Gasteiger partial charge in [0.2, 0.25) is 5.82 Å². The topological polar surface area (TPSA) is 77.8 Å². The van der Waals surface area contributed by atoms with Gasteiger partial charge in [0.1, 0.15) is 0 Å². The summed E-state index contributed by atoms with van der Waals surface area (Å²) in [7, 11) is 0. The molecular weight excluding hydrogens is 252 g/mol. The van der Waals surface area contributed by atoms with Gasteiger partial charge in [0.05, 0.1) is 0 Å². The zero-order valence-electron chi connectivity index (χ0n) is 11.3. The highest BCUT2D eigenvalue weighted by atomic mass is 16.5. The third-order valence-corrected chi connectivity index (χ3v) is 3.18. The summed E-state index contributed by atoms with van der Waals surface area (Å²) >= 11 is 0. The molecule has 0 saturated heterocycles. The molecule has 0 bridgehead atoms. The van der Waals surface area contributed by atoms with Crippen LogP contribution < -0.4 is 5.73 Å². The lowest BCUT2D eigenvalue weighted by Crippen LogP contribution is -1.89. The van der Waals surface area contributed by atoms with Crippen LogP contribution in [-0.2, 0) is 0 Å². The Morgan fingerprint density at radius 3 is 2.70 bits per heavy atom. The molecule has 0 amide bonds. The third kappa shape index (κ3) is 2.14. The normalized spacial score (nSPS) is 10.7. The van der Waals surface area contributed by atoms with Crippen molar-refractivity contribution in [3.8, 4) is 22.8 Å². The second kappa shape index (κ2) is 4.77. The highest BCUT2D eigenvalue weighted by Gasteiger charge is 2.14. The highest BCUT2D eigenvalue weighted by molar-refractivity contribution is 5.66. The number of hydrogen-bond acceptors (Lipinski definition) is 5. The zero-order chi connectivity index (χ0) is 14.1. The summed E-state index contributed by atoms with van der Waals surface area (Å²) in [4.78, 5) is 8.51. The van der Waals surface area contributed by atoms with Crippen LogP contribution in [0.15, 0.2) is 41.2 Å². The van der Waals surface area contributed by atoms with Crippen LogP contribution in [0.25, 0.3) is 22.8 Å². The molecule has 2 aromatic heterocycles. The van der Waals surface area contributed by atoms with E-state index < -0.39 is 0 Å². The van der Waals surface area contributed by atoms with Gasteiger partial charge in [-0.25, -0.2) is 0 Å². The predicted octanol–water partition coefficient (Wildman–Crippen LogP) is 3.00. The number of rotatable bonds is 2. The first-order valence-electron chi connectivity index (χ1n) is 6.26. The minimum absolute atomic E-state index is 0.473. The minimum Gasteiger partial charge on any atom is -0.399 e. The number of hydrogen-bond donors (Lipinski definition) is 1. The molecule has 3 aromatic rings. The van der Waals surface area contributed by atoms with Crippen molar-refractivity contribution >= 4 is 5.69 Å². The Morgan fingerprint density at radius 2 is 1.90 bits per heavy atom. The maximum Gasteiger partial charge on any atom is 0.258 e. The molecule has 1 aromatic carbocycles. The van der Waals surface area contributed by atoms with Gasteiger partial charge in [-0.15, -0.1) is 0 Å². The van der Waals surface area contributed by atoms with Crippen LogP contribution in [0, 0.1) is 13.8 Å². The number of aryl methyl sites for hydroxylation is 2. The van der Waals surface area contributed by atoms with E-state index in [1.54, 1.807) is 12.4 Å². The number of nitrogens with two attached hydrogens (primary N) is 1. The molecule has 0 unspecified atom stereocenters. The van der Waals surface area contributed by atoms with Crippen molar-refractivity contribution < 1.29 is 4.52 Å². The lowest BCUT2D eigenvalue weighted by Gasteiger charge is -2.01. The second-order valence-electron chi connectivity index (χ2n) is 4.69. The largest absolute Gasteiger partial charge is 0.399 e. The van der Waals surface area contributed by atoms with Gasteiger partial charge in [0.25, 0.3) is 5.89 Å². The molecule has 5 nitrogen and oxygen atoms in total. The lowest BCUT2D eigenvalue weighted by atomic mass is 10.1. The summed E-state index contributed by atoms with van der Waals surface area (Å²) in [5.41, 5.74) is 10.3. The third-order valence-electron chi connectivity index (χ3n) is 3.18. The Morgan fingerprint density at radius 1 is 1.05 bits per heavy atom. The van der Waals surface area contributed by atoms with E-state index in [9.17, 15) is 0 Å². The summed E-state index contributed by atoms with van der Waals surface area (Å²) in [5, 5.41) is 4.04. The van der Waals surface area contributed by atoms with Crippen molar-refractivity contribution in [3.63, 3.8) is 0 Å². The first-order valence-corrected chi connectivity index (χ1v) is 6.26. The smallest absolute Gasteiger partial charge is 0.258 e. The van der Waals surface area contributed by atoms with Gasteiger partial charge < -0.3 is 10.3 Å². The fourth-order valence-corrected chi connectivity index (χ4v) is 2.04. The van der Waals surface area contributed by atoms with Crippen molar-refractivity contribution in [2.45, 2.75) is 13.8 Å². The van der Waals surface area contributed by atoms with E-state index in [4.69, 9.17) is 10.3 Å². The van der Waals surface area contributed by atoms with E-state index in [-0.39, 0.29) is 0 Å². The highest BCUT2D eigenvalue weighted by Crippen LogP contribution is 2.27. The van der Waals surface area contributed by atoms with Crippen LogP contribution in [-0.4, -0.2) is 15.1 Å². The standard InChI is InChI=1S/C15H14N4O/c1-9-3-4-11(16)7-13(9)15-18-14(19-20-15)12-5-6-17-8-10(12)2/h3-8H,16H2,1-2H3. The molecule has 20 heavy (non-hydrogen) atoms. The number of aromatic nitrogens is 3. The van der Waals surface area contributed by atoms with E-state index in [1.807, 2.05) is 38.1 Å². The van der Waals surface area contributed by atoms with Crippen molar-refractivity contribution in [2.75, 3.05) is 5.73 Å². The summed E-state index contributed by atoms with van der Waals surface area (Å²) in [6, 6.07) is 7.50. The van der Waals surface area contributed by atoms with Crippen LogP contribution in [0.4, 0.5) is 5.69 Å². The Kier molecular flexibility index (Phi) is 2.95. The van der Waals surface area contributed by atoms with Crippen LogP contribution in [0.2, 0.25) is 0 Å². The summed E-state index contributed by atoms with van der Waals surface area (Å²) in [6.07, 6.45) is 3.49. The molecule has 0 atom stereocenters. The van der Waals surface area contributed by atoms with Gasteiger partial charge in [-0.05, 0) is 43.2 Å². The molecule has 2 N–H and O–H groups in total. The SMILES string of the molecule is Cc1cnccc1-c1noc(-c2cc(N)ccc2C)n1. The van der Waals surface area contributed by atoms with E-state index in [2.05, 4.69) is 15.1 Å². The van der Waals surface area contributed by atoms with E-state index in [0.717, 1.165) is 22.3 Å². The predicted molar refractivity (Wildman–Crippen MR) is 76.9 cm³/mol. The molecule has 0 radical (unpaired) electrons. The second-order valence-corrected chi connectivity index (χ2v) is 4.69. The van der Waals surface area contributed by atoms with Gasteiger partial charge >= 0.3 is 0 Å². The first-order chi connectivity index (χ1) is 9.65. The Balaban J connectivity index is 2.07. The maximum atomic E-state index is 5.81. The Bertz CT molecular complexity index is 764. The van der Waals surface area contributed by atoms with Gasteiger partial charge in [-0.3, -0.25) is 4.98 Å². The van der Waals surface area contributed by atoms with E-state index >= 15 is 0 Å². The van der Waals surface area contributed by atoms with Crippen molar-refractivity contribution in [2.24, 2.45) is 0 Å². The molecule has 0 saturated carbocycles. The molecule has 0 aliphatic rings. The molecular formula is C15H14N4O. The van der Waals surface area contributed by atoms with Crippen molar-refractivity contribution in [3.05, 3.63) is 47.8 Å². The summed E-state index contributed by atoms with van der Waals surface area (Å²) in [5.74, 6) is 1.03. The van der Waals surface area contributed by atoms with Crippen LogP contribution in [0.1, 0.15) is 11.1 Å². The van der Waals surface area contributed by atoms with Gasteiger partial charge in [0, 0.05) is 29.2 Å². The number of anilines is 1. The molecule has 0 aliphatic heterocycles. The van der Waals surface area contributed by atoms with Gasteiger partial charge in [-0.2, -0.15) is 4.98 Å². The maximum absolute atomic E-state index is 5.81. The quantitative estimate of drug-likeness (QED) is 0.721. The number of nitrogens with zero attached hydrogens (tertiary/aromatic N) is 3. The molecule has 5 heteroatoms. The molecule has 0 aliphatic carbocycles. The van der Waals surface area contributed by atoms with Gasteiger partial charge in [0.15, 0.2) is 0 Å². The Labute approximate surface area is 116 Å². The summed E-state index contributed by atoms with van der Waals surface area (Å²) < 4.78 is 5.36. The number of pyridine rings is 1. The van der Waals surface area contributed by atoms with E-state index in [0.29, 0.717) is 17.4 Å². The average molecular weight is 266 g/mol. The minimum atomic E-state index is 0.473. The Hall–Kier alpha value is -2.69. The molecule has 100 valence electrons.